The second-order valence-electron chi connectivity index (χ2n) is 6.79. The van der Waals surface area contributed by atoms with Gasteiger partial charge in [-0.25, -0.2) is 12.7 Å². The summed E-state index contributed by atoms with van der Waals surface area (Å²) in [6, 6.07) is 8.71. The maximum absolute atomic E-state index is 13.4. The molecule has 0 fully saturated rings. The predicted octanol–water partition coefficient (Wildman–Crippen LogP) is 2.21. The van der Waals surface area contributed by atoms with Crippen LogP contribution in [0.1, 0.15) is 17.5 Å². The van der Waals surface area contributed by atoms with Crippen molar-refractivity contribution in [1.29, 1.82) is 0 Å². The maximum Gasteiger partial charge on any atom is 0.244 e. The minimum absolute atomic E-state index is 0.00286. The minimum Gasteiger partial charge on any atom is -0.496 e. The Morgan fingerprint density at radius 2 is 1.86 bits per heavy atom. The molecule has 1 aliphatic carbocycles. The fraction of sp³-hybridized carbons (Fsp3) is 0.400. The van der Waals surface area contributed by atoms with Crippen LogP contribution in [0.4, 0.5) is 5.69 Å². The van der Waals surface area contributed by atoms with Gasteiger partial charge in [-0.3, -0.25) is 4.79 Å². The van der Waals surface area contributed by atoms with Gasteiger partial charge in [0.05, 0.1) is 27.6 Å². The van der Waals surface area contributed by atoms with E-state index in [1.807, 2.05) is 18.2 Å². The lowest BCUT2D eigenvalue weighted by molar-refractivity contribution is -0.121. The Balaban J connectivity index is 2.00. The Hall–Kier alpha value is -2.81. The van der Waals surface area contributed by atoms with Crippen molar-refractivity contribution in [2.24, 2.45) is 5.92 Å². The smallest absolute Gasteiger partial charge is 0.244 e. The lowest BCUT2D eigenvalue weighted by Gasteiger charge is -2.30. The fourth-order valence-electron chi connectivity index (χ4n) is 3.62. The molecule has 0 saturated carbocycles. The first kappa shape index (κ1) is 20.9. The summed E-state index contributed by atoms with van der Waals surface area (Å²) in [6.07, 6.45) is 2.59. The summed E-state index contributed by atoms with van der Waals surface area (Å²) in [7, 11) is 0.458. The van der Waals surface area contributed by atoms with Gasteiger partial charge in [0.15, 0.2) is 0 Å². The highest BCUT2D eigenvalue weighted by molar-refractivity contribution is 7.92. The van der Waals surface area contributed by atoms with E-state index in [1.165, 1.54) is 26.4 Å². The van der Waals surface area contributed by atoms with Crippen LogP contribution in [-0.4, -0.2) is 46.9 Å². The van der Waals surface area contributed by atoms with Crippen molar-refractivity contribution in [3.63, 3.8) is 0 Å². The first-order chi connectivity index (χ1) is 13.8. The predicted molar refractivity (Wildman–Crippen MR) is 108 cm³/mol. The highest BCUT2D eigenvalue weighted by Crippen LogP contribution is 2.36. The Kier molecular flexibility index (Phi) is 5.97. The minimum atomic E-state index is -3.92. The van der Waals surface area contributed by atoms with E-state index in [9.17, 15) is 13.2 Å². The lowest BCUT2D eigenvalue weighted by Crippen LogP contribution is -2.42. The van der Waals surface area contributed by atoms with Crippen molar-refractivity contribution in [1.82, 2.24) is 4.98 Å². The topological polar surface area (TPSA) is 95.0 Å². The van der Waals surface area contributed by atoms with Crippen LogP contribution in [0.2, 0.25) is 0 Å². The number of carbonyl (C=O) groups excluding carboxylic acids is 1. The third kappa shape index (κ3) is 4.14. The molecule has 0 aliphatic heterocycles. The van der Waals surface area contributed by atoms with Gasteiger partial charge in [0.2, 0.25) is 27.7 Å². The largest absolute Gasteiger partial charge is 0.496 e. The third-order valence-corrected chi connectivity index (χ3v) is 6.02. The van der Waals surface area contributed by atoms with Crippen LogP contribution < -0.4 is 18.5 Å². The molecule has 3 rings (SSSR count). The molecule has 29 heavy (non-hydrogen) atoms. The number of aryl methyl sites for hydroxylation is 1. The van der Waals surface area contributed by atoms with Crippen LogP contribution in [0.3, 0.4) is 0 Å². The van der Waals surface area contributed by atoms with Crippen LogP contribution >= 0.6 is 0 Å². The number of ether oxygens (including phenoxy) is 3. The van der Waals surface area contributed by atoms with E-state index in [0.29, 0.717) is 25.0 Å². The average molecular weight is 420 g/mol. The zero-order valence-electron chi connectivity index (χ0n) is 16.8. The number of carbonyl (C=O) groups is 1. The number of aromatic nitrogens is 1. The number of benzene rings is 1. The van der Waals surface area contributed by atoms with Crippen molar-refractivity contribution >= 4 is 21.6 Å². The molecular weight excluding hydrogens is 396 g/mol. The van der Waals surface area contributed by atoms with Crippen LogP contribution in [-0.2, 0) is 27.7 Å². The molecule has 1 amide bonds. The zero-order valence-corrected chi connectivity index (χ0v) is 17.7. The summed E-state index contributed by atoms with van der Waals surface area (Å²) in [5.74, 6) is -0.0796. The molecule has 156 valence electrons. The quantitative estimate of drug-likeness (QED) is 0.707. The molecule has 0 saturated heterocycles. The molecule has 2 aromatic rings. The van der Waals surface area contributed by atoms with Gasteiger partial charge in [-0.15, -0.1) is 0 Å². The number of sulfonamides is 1. The molecule has 1 aromatic carbocycles. The van der Waals surface area contributed by atoms with E-state index < -0.39 is 21.8 Å². The number of amides is 1. The summed E-state index contributed by atoms with van der Waals surface area (Å²) in [6.45, 7) is 0. The van der Waals surface area contributed by atoms with Gasteiger partial charge in [-0.05, 0) is 42.5 Å². The number of anilines is 1. The monoisotopic (exact) mass is 420 g/mol. The molecule has 1 aromatic heterocycles. The van der Waals surface area contributed by atoms with Crippen molar-refractivity contribution < 1.29 is 27.4 Å². The van der Waals surface area contributed by atoms with Gasteiger partial charge in [0.25, 0.3) is 0 Å². The van der Waals surface area contributed by atoms with Crippen LogP contribution in [0.15, 0.2) is 30.3 Å². The molecule has 8 nitrogen and oxygen atoms in total. The Bertz CT molecular complexity index is 1010. The number of hydrogen-bond donors (Lipinski definition) is 0. The first-order valence-electron chi connectivity index (χ1n) is 9.08. The van der Waals surface area contributed by atoms with Crippen LogP contribution in [0.25, 0.3) is 0 Å². The van der Waals surface area contributed by atoms with Gasteiger partial charge < -0.3 is 14.2 Å². The lowest BCUT2D eigenvalue weighted by atomic mass is 9.83. The summed E-state index contributed by atoms with van der Waals surface area (Å²) in [4.78, 5) is 17.5. The Morgan fingerprint density at radius 3 is 2.48 bits per heavy atom. The third-order valence-electron chi connectivity index (χ3n) is 4.98. The fourth-order valence-corrected chi connectivity index (χ4v) is 4.59. The van der Waals surface area contributed by atoms with Crippen LogP contribution in [0.5, 0.6) is 17.5 Å². The van der Waals surface area contributed by atoms with Gasteiger partial charge >= 0.3 is 0 Å². The van der Waals surface area contributed by atoms with E-state index in [4.69, 9.17) is 14.2 Å². The number of pyridine rings is 1. The highest BCUT2D eigenvalue weighted by Gasteiger charge is 2.36. The van der Waals surface area contributed by atoms with E-state index in [0.717, 1.165) is 21.7 Å². The molecular formula is C20H24N2O6S. The van der Waals surface area contributed by atoms with E-state index in [-0.39, 0.29) is 17.4 Å². The normalized spacial score (nSPS) is 15.9. The van der Waals surface area contributed by atoms with E-state index in [1.54, 1.807) is 7.11 Å². The van der Waals surface area contributed by atoms with Crippen LogP contribution in [0, 0.1) is 5.92 Å². The van der Waals surface area contributed by atoms with Gasteiger partial charge in [-0.1, -0.05) is 12.1 Å². The average Bonchev–Trinajstić information content (AvgIpc) is 2.72. The molecule has 0 radical (unpaired) electrons. The molecule has 9 heteroatoms. The number of nitrogens with zero attached hydrogens (tertiary/aromatic N) is 2. The van der Waals surface area contributed by atoms with Crippen molar-refractivity contribution in [2.75, 3.05) is 31.9 Å². The van der Waals surface area contributed by atoms with Crippen molar-refractivity contribution in [2.45, 2.75) is 19.3 Å². The van der Waals surface area contributed by atoms with Gasteiger partial charge in [-0.2, -0.15) is 4.98 Å². The number of rotatable bonds is 6. The molecule has 0 N–H and O–H groups in total. The van der Waals surface area contributed by atoms with E-state index in [2.05, 4.69) is 4.98 Å². The molecule has 0 spiro atoms. The number of methoxy groups -OCH3 is 3. The number of hydrogen-bond acceptors (Lipinski definition) is 7. The molecule has 1 atom stereocenters. The SMILES string of the molecule is COc1ccc(N(C(=O)C2CCc3cccc(OC)c3C2)S(C)(=O)=O)c(OC)n1. The second-order valence-corrected chi connectivity index (χ2v) is 8.62. The maximum atomic E-state index is 13.4. The summed E-state index contributed by atoms with van der Waals surface area (Å²) in [5.41, 5.74) is 2.11. The zero-order chi connectivity index (χ0) is 21.2. The molecule has 1 unspecified atom stereocenters. The summed E-state index contributed by atoms with van der Waals surface area (Å²) < 4.78 is 41.6. The van der Waals surface area contributed by atoms with E-state index >= 15 is 0 Å². The second kappa shape index (κ2) is 8.28. The standard InChI is InChI=1S/C20H24N2O6S/c1-26-17-7-5-6-13-8-9-14(12-15(13)17)20(23)22(29(4,24)25)16-10-11-18(27-2)21-19(16)28-3/h5-7,10-11,14H,8-9,12H2,1-4H3. The Morgan fingerprint density at radius 1 is 1.10 bits per heavy atom. The van der Waals surface area contributed by atoms with Gasteiger partial charge in [0.1, 0.15) is 11.4 Å². The first-order valence-corrected chi connectivity index (χ1v) is 10.9. The highest BCUT2D eigenvalue weighted by atomic mass is 32.2. The number of fused-ring (bicyclic) bond motifs is 1. The van der Waals surface area contributed by atoms with Crippen molar-refractivity contribution in [3.05, 3.63) is 41.5 Å². The van der Waals surface area contributed by atoms with Crippen molar-refractivity contribution in [3.8, 4) is 17.5 Å². The summed E-state index contributed by atoms with van der Waals surface area (Å²) in [5, 5.41) is 0. The molecule has 1 aliphatic rings. The van der Waals surface area contributed by atoms with Gasteiger partial charge in [0, 0.05) is 12.0 Å². The molecule has 1 heterocycles. The molecule has 0 bridgehead atoms. The Labute approximate surface area is 170 Å². The summed E-state index contributed by atoms with van der Waals surface area (Å²) >= 11 is 0.